The minimum Gasteiger partial charge on any atom is -0.459 e. The van der Waals surface area contributed by atoms with Crippen molar-refractivity contribution in [1.82, 2.24) is 0 Å². The smallest absolute Gasteiger partial charge is 0.338 e. The Kier molecular flexibility index (Phi) is 6.10. The van der Waals surface area contributed by atoms with E-state index in [-0.39, 0.29) is 11.1 Å². The Balaban J connectivity index is 2.18. The first kappa shape index (κ1) is 18.6. The second kappa shape index (κ2) is 7.88. The van der Waals surface area contributed by atoms with E-state index in [4.69, 9.17) is 39.5 Å². The Morgan fingerprint density at radius 1 is 0.958 bits per heavy atom. The van der Waals surface area contributed by atoms with Crippen LogP contribution in [0.2, 0.25) is 15.1 Å². The first-order chi connectivity index (χ1) is 11.3. The predicted molar refractivity (Wildman–Crippen MR) is 96.4 cm³/mol. The first-order valence-electron chi connectivity index (χ1n) is 7.04. The van der Waals surface area contributed by atoms with Crippen molar-refractivity contribution in [3.63, 3.8) is 0 Å². The maximum Gasteiger partial charge on any atom is 0.338 e. The lowest BCUT2D eigenvalue weighted by Crippen LogP contribution is -2.14. The van der Waals surface area contributed by atoms with E-state index in [1.54, 1.807) is 13.8 Å². The van der Waals surface area contributed by atoms with Gasteiger partial charge in [0.1, 0.15) is 0 Å². The van der Waals surface area contributed by atoms with Crippen molar-refractivity contribution in [3.8, 4) is 0 Å². The zero-order valence-electron chi connectivity index (χ0n) is 12.9. The summed E-state index contributed by atoms with van der Waals surface area (Å²) in [5.74, 6) is -0.898. The Bertz CT molecular complexity index is 770. The number of carbonyl (C=O) groups excluding carboxylic acids is 2. The molecule has 0 atom stereocenters. The maximum absolute atomic E-state index is 12.3. The van der Waals surface area contributed by atoms with Crippen LogP contribution >= 0.6 is 34.8 Å². The number of carbonyl (C=O) groups is 2. The first-order valence-corrected chi connectivity index (χ1v) is 8.17. The van der Waals surface area contributed by atoms with Crippen LogP contribution in [0, 0.1) is 0 Å². The maximum atomic E-state index is 12.3. The average Bonchev–Trinajstić information content (AvgIpc) is 2.47. The SMILES string of the molecule is CC(C)OC(=O)c1ccc(NC(=O)c2cc(Cl)cc(Cl)c2)c(Cl)c1. The van der Waals surface area contributed by atoms with Crippen LogP contribution in [0.3, 0.4) is 0 Å². The number of rotatable bonds is 4. The number of ether oxygens (including phenoxy) is 1. The van der Waals surface area contributed by atoms with Crippen molar-refractivity contribution in [2.75, 3.05) is 5.32 Å². The third-order valence-electron chi connectivity index (χ3n) is 2.92. The van der Waals surface area contributed by atoms with E-state index in [1.165, 1.54) is 36.4 Å². The molecule has 1 amide bonds. The summed E-state index contributed by atoms with van der Waals surface area (Å²) in [7, 11) is 0. The van der Waals surface area contributed by atoms with Crippen molar-refractivity contribution in [2.45, 2.75) is 20.0 Å². The van der Waals surface area contributed by atoms with Gasteiger partial charge in [-0.2, -0.15) is 0 Å². The van der Waals surface area contributed by atoms with E-state index in [0.717, 1.165) is 0 Å². The van der Waals surface area contributed by atoms with E-state index in [0.29, 0.717) is 26.9 Å². The van der Waals surface area contributed by atoms with E-state index in [1.807, 2.05) is 0 Å². The highest BCUT2D eigenvalue weighted by molar-refractivity contribution is 6.36. The number of hydrogen-bond donors (Lipinski definition) is 1. The molecule has 126 valence electrons. The summed E-state index contributed by atoms with van der Waals surface area (Å²) in [5.41, 5.74) is 0.961. The molecule has 24 heavy (non-hydrogen) atoms. The molecule has 0 fully saturated rings. The van der Waals surface area contributed by atoms with Crippen LogP contribution in [0.1, 0.15) is 34.6 Å². The molecule has 0 aliphatic heterocycles. The quantitative estimate of drug-likeness (QED) is 0.709. The predicted octanol–water partition coefficient (Wildman–Crippen LogP) is 5.46. The molecule has 2 rings (SSSR count). The van der Waals surface area contributed by atoms with Crippen molar-refractivity contribution < 1.29 is 14.3 Å². The number of esters is 1. The lowest BCUT2D eigenvalue weighted by molar-refractivity contribution is 0.0378. The standard InChI is InChI=1S/C17H14Cl3NO3/c1-9(2)24-17(23)10-3-4-15(14(20)7-10)21-16(22)11-5-12(18)8-13(19)6-11/h3-9H,1-2H3,(H,21,22). The molecule has 2 aromatic rings. The fourth-order valence-corrected chi connectivity index (χ4v) is 2.66. The van der Waals surface area contributed by atoms with Gasteiger partial charge in [-0.3, -0.25) is 4.79 Å². The number of amides is 1. The van der Waals surface area contributed by atoms with Gasteiger partial charge >= 0.3 is 5.97 Å². The van der Waals surface area contributed by atoms with E-state index >= 15 is 0 Å². The normalized spacial score (nSPS) is 10.6. The molecule has 0 aliphatic rings. The van der Waals surface area contributed by atoms with E-state index in [2.05, 4.69) is 5.32 Å². The van der Waals surface area contributed by atoms with Crippen LogP contribution in [-0.4, -0.2) is 18.0 Å². The number of benzene rings is 2. The molecule has 0 aromatic heterocycles. The van der Waals surface area contributed by atoms with Crippen LogP contribution < -0.4 is 5.32 Å². The lowest BCUT2D eigenvalue weighted by atomic mass is 10.1. The molecule has 0 radical (unpaired) electrons. The van der Waals surface area contributed by atoms with Crippen molar-refractivity contribution in [1.29, 1.82) is 0 Å². The second-order valence-electron chi connectivity index (χ2n) is 5.26. The molecule has 0 spiro atoms. The van der Waals surface area contributed by atoms with Gasteiger partial charge < -0.3 is 10.1 Å². The minimum atomic E-state index is -0.480. The average molecular weight is 387 g/mol. The Hall–Kier alpha value is -1.75. The molecule has 4 nitrogen and oxygen atoms in total. The number of anilines is 1. The van der Waals surface area contributed by atoms with Gasteiger partial charge in [-0.05, 0) is 50.2 Å². The summed E-state index contributed by atoms with van der Waals surface area (Å²) >= 11 is 17.9. The summed E-state index contributed by atoms with van der Waals surface area (Å²) in [4.78, 5) is 24.1. The summed E-state index contributed by atoms with van der Waals surface area (Å²) in [5, 5.41) is 3.57. The molecule has 0 aliphatic carbocycles. The summed E-state index contributed by atoms with van der Waals surface area (Å²) in [6, 6.07) is 9.01. The molecule has 0 unspecified atom stereocenters. The van der Waals surface area contributed by atoms with E-state index in [9.17, 15) is 9.59 Å². The molecule has 0 saturated carbocycles. The minimum absolute atomic E-state index is 0.217. The third kappa shape index (κ3) is 4.87. The van der Waals surface area contributed by atoms with Gasteiger partial charge in [-0.1, -0.05) is 34.8 Å². The highest BCUT2D eigenvalue weighted by Gasteiger charge is 2.14. The monoisotopic (exact) mass is 385 g/mol. The van der Waals surface area contributed by atoms with Gasteiger partial charge in [-0.15, -0.1) is 0 Å². The fourth-order valence-electron chi connectivity index (χ4n) is 1.90. The fraction of sp³-hybridized carbons (Fsp3) is 0.176. The molecule has 0 bridgehead atoms. The number of nitrogens with one attached hydrogen (secondary N) is 1. The Morgan fingerprint density at radius 3 is 2.12 bits per heavy atom. The largest absolute Gasteiger partial charge is 0.459 e. The number of halogens is 3. The highest BCUT2D eigenvalue weighted by Crippen LogP contribution is 2.25. The zero-order valence-corrected chi connectivity index (χ0v) is 15.2. The van der Waals surface area contributed by atoms with Crippen LogP contribution in [0.5, 0.6) is 0 Å². The van der Waals surface area contributed by atoms with Crippen LogP contribution in [-0.2, 0) is 4.74 Å². The van der Waals surface area contributed by atoms with E-state index < -0.39 is 11.9 Å². The van der Waals surface area contributed by atoms with Crippen LogP contribution in [0.25, 0.3) is 0 Å². The van der Waals surface area contributed by atoms with Gasteiger partial charge in [0.05, 0.1) is 22.4 Å². The molecule has 2 aromatic carbocycles. The van der Waals surface area contributed by atoms with Gasteiger partial charge in [0, 0.05) is 15.6 Å². The zero-order chi connectivity index (χ0) is 17.9. The highest BCUT2D eigenvalue weighted by atomic mass is 35.5. The third-order valence-corrected chi connectivity index (χ3v) is 3.67. The molecular weight excluding hydrogens is 373 g/mol. The van der Waals surface area contributed by atoms with Gasteiger partial charge in [0.25, 0.3) is 5.91 Å². The number of hydrogen-bond acceptors (Lipinski definition) is 3. The Morgan fingerprint density at radius 2 is 1.58 bits per heavy atom. The molecule has 0 saturated heterocycles. The van der Waals surface area contributed by atoms with Crippen LogP contribution in [0.4, 0.5) is 5.69 Å². The summed E-state index contributed by atoms with van der Waals surface area (Å²) in [6.45, 7) is 3.51. The summed E-state index contributed by atoms with van der Waals surface area (Å²) < 4.78 is 5.09. The van der Waals surface area contributed by atoms with Crippen molar-refractivity contribution >= 4 is 52.4 Å². The molecular formula is C17H14Cl3NO3. The van der Waals surface area contributed by atoms with Gasteiger partial charge in [0.2, 0.25) is 0 Å². The molecule has 0 heterocycles. The van der Waals surface area contributed by atoms with Crippen LogP contribution in [0.15, 0.2) is 36.4 Å². The lowest BCUT2D eigenvalue weighted by Gasteiger charge is -2.11. The van der Waals surface area contributed by atoms with Crippen molar-refractivity contribution in [2.24, 2.45) is 0 Å². The molecule has 1 N–H and O–H groups in total. The van der Waals surface area contributed by atoms with Gasteiger partial charge in [-0.25, -0.2) is 4.79 Å². The van der Waals surface area contributed by atoms with Gasteiger partial charge in [0.15, 0.2) is 0 Å². The topological polar surface area (TPSA) is 55.4 Å². The Labute approximate surface area is 154 Å². The second-order valence-corrected chi connectivity index (χ2v) is 6.54. The van der Waals surface area contributed by atoms with Crippen molar-refractivity contribution in [3.05, 3.63) is 62.6 Å². The summed E-state index contributed by atoms with van der Waals surface area (Å²) in [6.07, 6.45) is -0.233. The molecule has 7 heteroatoms.